The van der Waals surface area contributed by atoms with Crippen LogP contribution in [0.3, 0.4) is 0 Å². The van der Waals surface area contributed by atoms with Crippen molar-refractivity contribution < 1.29 is 22.0 Å². The number of piperidine rings is 1. The average Bonchev–Trinajstić information content (AvgIpc) is 2.68. The third-order valence-electron chi connectivity index (χ3n) is 4.67. The molecule has 2 N–H and O–H groups in total. The highest BCUT2D eigenvalue weighted by Crippen LogP contribution is 2.19. The Morgan fingerprint density at radius 1 is 1.04 bits per heavy atom. The van der Waals surface area contributed by atoms with E-state index in [4.69, 9.17) is 0 Å². The number of sulfonamides is 1. The van der Waals surface area contributed by atoms with Crippen molar-refractivity contribution in [2.75, 3.05) is 25.0 Å². The first kappa shape index (κ1) is 20.2. The van der Waals surface area contributed by atoms with Crippen LogP contribution in [0.15, 0.2) is 53.4 Å². The Kier molecular flexibility index (Phi) is 6.25. The van der Waals surface area contributed by atoms with Crippen LogP contribution in [0.4, 0.5) is 19.3 Å². The van der Waals surface area contributed by atoms with Gasteiger partial charge in [-0.25, -0.2) is 26.7 Å². The Bertz CT molecular complexity index is 928. The molecule has 3 rings (SSSR count). The van der Waals surface area contributed by atoms with Crippen LogP contribution in [0.1, 0.15) is 12.8 Å². The summed E-state index contributed by atoms with van der Waals surface area (Å²) in [6.07, 6.45) is 1.28. The third kappa shape index (κ3) is 5.26. The number of likely N-dealkylation sites (tertiary alicyclic amines) is 1. The summed E-state index contributed by atoms with van der Waals surface area (Å²) in [6.45, 7) is 1.20. The lowest BCUT2D eigenvalue weighted by Gasteiger charge is -2.32. The largest absolute Gasteiger partial charge is 0.325 e. The monoisotopic (exact) mass is 409 g/mol. The van der Waals surface area contributed by atoms with Gasteiger partial charge in [-0.1, -0.05) is 6.07 Å². The van der Waals surface area contributed by atoms with Gasteiger partial charge in [0.2, 0.25) is 10.0 Å². The number of hydrogen-bond donors (Lipinski definition) is 2. The number of nitrogens with zero attached hydrogens (tertiary/aromatic N) is 1. The van der Waals surface area contributed by atoms with E-state index in [0.717, 1.165) is 6.07 Å². The minimum Gasteiger partial charge on any atom is -0.325 e. The van der Waals surface area contributed by atoms with Crippen molar-refractivity contribution in [3.63, 3.8) is 0 Å². The van der Waals surface area contributed by atoms with Gasteiger partial charge in [0, 0.05) is 25.3 Å². The molecule has 1 saturated heterocycles. The normalized spacial score (nSPS) is 15.4. The zero-order valence-electron chi connectivity index (χ0n) is 15.1. The van der Waals surface area contributed by atoms with Gasteiger partial charge in [0.15, 0.2) is 0 Å². The Labute approximate surface area is 162 Å². The Morgan fingerprint density at radius 2 is 1.71 bits per heavy atom. The number of benzene rings is 2. The predicted molar refractivity (Wildman–Crippen MR) is 101 cm³/mol. The molecule has 0 aliphatic carbocycles. The summed E-state index contributed by atoms with van der Waals surface area (Å²) in [4.78, 5) is 13.8. The van der Waals surface area contributed by atoms with Crippen LogP contribution >= 0.6 is 0 Å². The molecule has 1 aliphatic heterocycles. The summed E-state index contributed by atoms with van der Waals surface area (Å²) in [7, 11) is -3.77. The second-order valence-electron chi connectivity index (χ2n) is 6.68. The van der Waals surface area contributed by atoms with Gasteiger partial charge < -0.3 is 10.2 Å². The first-order valence-corrected chi connectivity index (χ1v) is 10.4. The van der Waals surface area contributed by atoms with Crippen LogP contribution in [-0.2, 0) is 10.0 Å². The molecule has 2 aromatic rings. The van der Waals surface area contributed by atoms with Crippen LogP contribution in [0.2, 0.25) is 0 Å². The summed E-state index contributed by atoms with van der Waals surface area (Å²) in [5, 5.41) is 2.71. The zero-order valence-corrected chi connectivity index (χ0v) is 15.9. The second kappa shape index (κ2) is 8.66. The number of amides is 2. The van der Waals surface area contributed by atoms with E-state index in [1.807, 2.05) is 0 Å². The van der Waals surface area contributed by atoms with E-state index in [9.17, 15) is 22.0 Å². The number of carbonyl (C=O) groups is 1. The van der Waals surface area contributed by atoms with Gasteiger partial charge in [0.05, 0.1) is 4.90 Å². The van der Waals surface area contributed by atoms with E-state index in [1.165, 1.54) is 42.5 Å². The van der Waals surface area contributed by atoms with Crippen molar-refractivity contribution in [2.24, 2.45) is 5.92 Å². The fourth-order valence-electron chi connectivity index (χ4n) is 3.02. The van der Waals surface area contributed by atoms with Crippen LogP contribution in [-0.4, -0.2) is 39.0 Å². The van der Waals surface area contributed by atoms with Crippen molar-refractivity contribution >= 4 is 21.7 Å². The van der Waals surface area contributed by atoms with Crippen molar-refractivity contribution in [2.45, 2.75) is 17.7 Å². The number of hydrogen-bond acceptors (Lipinski definition) is 3. The van der Waals surface area contributed by atoms with Crippen LogP contribution in [0.5, 0.6) is 0 Å². The lowest BCUT2D eigenvalue weighted by molar-refractivity contribution is 0.183. The summed E-state index contributed by atoms with van der Waals surface area (Å²) < 4.78 is 53.2. The molecule has 0 unspecified atom stereocenters. The summed E-state index contributed by atoms with van der Waals surface area (Å²) in [5.74, 6) is -0.902. The molecule has 0 radical (unpaired) electrons. The fraction of sp³-hybridized carbons (Fsp3) is 0.316. The summed E-state index contributed by atoms with van der Waals surface area (Å²) in [6, 6.07) is 10.1. The van der Waals surface area contributed by atoms with Crippen LogP contribution in [0, 0.1) is 17.6 Å². The Hall–Kier alpha value is -2.52. The minimum absolute atomic E-state index is 0.0817. The second-order valence-corrected chi connectivity index (χ2v) is 8.44. The van der Waals surface area contributed by atoms with Gasteiger partial charge in [0.25, 0.3) is 0 Å². The quantitative estimate of drug-likeness (QED) is 0.796. The van der Waals surface area contributed by atoms with Gasteiger partial charge in [-0.3, -0.25) is 0 Å². The van der Waals surface area contributed by atoms with Gasteiger partial charge >= 0.3 is 6.03 Å². The highest BCUT2D eigenvalue weighted by atomic mass is 32.2. The van der Waals surface area contributed by atoms with E-state index in [0.29, 0.717) is 31.6 Å². The molecule has 0 aromatic heterocycles. The number of halogens is 2. The lowest BCUT2D eigenvalue weighted by atomic mass is 9.97. The molecule has 0 bridgehead atoms. The molecule has 150 valence electrons. The molecule has 1 aliphatic rings. The molecule has 6 nitrogen and oxygen atoms in total. The minimum atomic E-state index is -3.77. The molecular formula is C19H21F2N3O3S. The molecule has 9 heteroatoms. The Morgan fingerprint density at radius 3 is 2.36 bits per heavy atom. The van der Waals surface area contributed by atoms with Crippen molar-refractivity contribution in [3.8, 4) is 0 Å². The van der Waals surface area contributed by atoms with Gasteiger partial charge in [-0.05, 0) is 61.2 Å². The number of anilines is 1. The topological polar surface area (TPSA) is 78.5 Å². The smallest absolute Gasteiger partial charge is 0.321 e. The fourth-order valence-corrected chi connectivity index (χ4v) is 4.17. The first-order chi connectivity index (χ1) is 13.3. The van der Waals surface area contributed by atoms with E-state index >= 15 is 0 Å². The van der Waals surface area contributed by atoms with Crippen molar-refractivity contribution in [1.82, 2.24) is 9.62 Å². The van der Waals surface area contributed by atoms with Crippen molar-refractivity contribution in [3.05, 3.63) is 60.2 Å². The standard InChI is InChI=1S/C19H21F2N3O3S/c20-15-4-6-17(7-5-15)23-19(25)24-10-8-14(9-11-24)13-22-28(26,27)18-3-1-2-16(21)12-18/h1-7,12,14,22H,8-11,13H2,(H,23,25). The average molecular weight is 409 g/mol. The molecule has 0 saturated carbocycles. The van der Waals surface area contributed by atoms with E-state index in [-0.39, 0.29) is 29.2 Å². The van der Waals surface area contributed by atoms with E-state index < -0.39 is 15.8 Å². The zero-order chi connectivity index (χ0) is 20.1. The number of nitrogens with one attached hydrogen (secondary N) is 2. The molecule has 28 heavy (non-hydrogen) atoms. The molecule has 0 spiro atoms. The molecule has 0 atom stereocenters. The maximum absolute atomic E-state index is 13.2. The lowest BCUT2D eigenvalue weighted by Crippen LogP contribution is -2.43. The van der Waals surface area contributed by atoms with Gasteiger partial charge in [0.1, 0.15) is 11.6 Å². The predicted octanol–water partition coefficient (Wildman–Crippen LogP) is 3.19. The molecule has 1 heterocycles. The first-order valence-electron chi connectivity index (χ1n) is 8.90. The molecule has 2 aromatic carbocycles. The highest BCUT2D eigenvalue weighted by molar-refractivity contribution is 7.89. The third-order valence-corrected chi connectivity index (χ3v) is 6.09. The van der Waals surface area contributed by atoms with Crippen LogP contribution in [0.25, 0.3) is 0 Å². The van der Waals surface area contributed by atoms with E-state index in [2.05, 4.69) is 10.0 Å². The molecular weight excluding hydrogens is 388 g/mol. The highest BCUT2D eigenvalue weighted by Gasteiger charge is 2.24. The van der Waals surface area contributed by atoms with Gasteiger partial charge in [-0.2, -0.15) is 0 Å². The van der Waals surface area contributed by atoms with Gasteiger partial charge in [-0.15, -0.1) is 0 Å². The number of urea groups is 1. The summed E-state index contributed by atoms with van der Waals surface area (Å²) >= 11 is 0. The maximum atomic E-state index is 13.2. The van der Waals surface area contributed by atoms with Crippen molar-refractivity contribution in [1.29, 1.82) is 0 Å². The number of carbonyl (C=O) groups excluding carboxylic acids is 1. The van der Waals surface area contributed by atoms with E-state index in [1.54, 1.807) is 4.90 Å². The van der Waals surface area contributed by atoms with Crippen LogP contribution < -0.4 is 10.0 Å². The summed E-state index contributed by atoms with van der Waals surface area (Å²) in [5.41, 5.74) is 0.511. The maximum Gasteiger partial charge on any atom is 0.321 e. The molecule has 2 amide bonds. The molecule has 1 fully saturated rings. The Balaban J connectivity index is 1.47. The number of rotatable bonds is 5. The SMILES string of the molecule is O=C(Nc1ccc(F)cc1)N1CCC(CNS(=O)(=O)c2cccc(F)c2)CC1.